The van der Waals surface area contributed by atoms with Gasteiger partial charge < -0.3 is 4.90 Å². The van der Waals surface area contributed by atoms with Crippen molar-refractivity contribution in [1.29, 1.82) is 0 Å². The van der Waals surface area contributed by atoms with E-state index in [0.717, 1.165) is 6.07 Å². The Hall–Kier alpha value is -2.00. The zero-order valence-electron chi connectivity index (χ0n) is 13.0. The number of carbonyl (C=O) groups is 1. The molecule has 1 saturated heterocycles. The average molecular weight is 341 g/mol. The van der Waals surface area contributed by atoms with Crippen molar-refractivity contribution in [1.82, 2.24) is 4.72 Å². The van der Waals surface area contributed by atoms with Gasteiger partial charge in [0.25, 0.3) is 5.69 Å². The first-order chi connectivity index (χ1) is 10.8. The summed E-state index contributed by atoms with van der Waals surface area (Å²) in [5.41, 5.74) is -0.243. The van der Waals surface area contributed by atoms with Crippen molar-refractivity contribution < 1.29 is 18.1 Å². The van der Waals surface area contributed by atoms with E-state index >= 15 is 0 Å². The molecule has 0 bridgehead atoms. The maximum atomic E-state index is 12.3. The highest BCUT2D eigenvalue weighted by atomic mass is 32.2. The van der Waals surface area contributed by atoms with Gasteiger partial charge in [-0.3, -0.25) is 14.9 Å². The minimum absolute atomic E-state index is 0.139. The predicted molar refractivity (Wildman–Crippen MR) is 84.8 cm³/mol. The molecule has 1 aromatic carbocycles. The van der Waals surface area contributed by atoms with Crippen molar-refractivity contribution in [2.75, 3.05) is 11.4 Å². The largest absolute Gasteiger partial charge is 0.306 e. The first-order valence-electron chi connectivity index (χ1n) is 7.37. The number of nitrogens with zero attached hydrogens (tertiary/aromatic N) is 2. The van der Waals surface area contributed by atoms with Crippen LogP contribution in [-0.4, -0.2) is 31.8 Å². The summed E-state index contributed by atoms with van der Waals surface area (Å²) in [6.45, 7) is 3.94. The summed E-state index contributed by atoms with van der Waals surface area (Å²) >= 11 is 0. The summed E-state index contributed by atoms with van der Waals surface area (Å²) in [4.78, 5) is 23.6. The molecule has 9 heteroatoms. The molecule has 0 spiro atoms. The third-order valence-corrected chi connectivity index (χ3v) is 5.37. The molecule has 1 N–H and O–H groups in total. The van der Waals surface area contributed by atoms with Crippen LogP contribution in [0.4, 0.5) is 11.4 Å². The molecule has 1 unspecified atom stereocenters. The Bertz CT molecular complexity index is 732. The molecule has 8 nitrogen and oxygen atoms in total. The predicted octanol–water partition coefficient (Wildman–Crippen LogP) is 1.80. The summed E-state index contributed by atoms with van der Waals surface area (Å²) in [7, 11) is -3.84. The number of rotatable bonds is 6. The summed E-state index contributed by atoms with van der Waals surface area (Å²) < 4.78 is 27.0. The van der Waals surface area contributed by atoms with Gasteiger partial charge in [-0.15, -0.1) is 0 Å². The van der Waals surface area contributed by atoms with Gasteiger partial charge in [-0.2, -0.15) is 0 Å². The first-order valence-corrected chi connectivity index (χ1v) is 8.85. The normalized spacial score (nSPS) is 16.6. The summed E-state index contributed by atoms with van der Waals surface area (Å²) in [5, 5.41) is 11.3. The fourth-order valence-corrected chi connectivity index (χ4v) is 3.71. The van der Waals surface area contributed by atoms with Gasteiger partial charge in [0.1, 0.15) is 5.69 Å². The topological polar surface area (TPSA) is 110 Å². The summed E-state index contributed by atoms with van der Waals surface area (Å²) in [6, 6.07) is 3.34. The molecule has 0 radical (unpaired) electrons. The number of amides is 1. The van der Waals surface area contributed by atoms with E-state index < -0.39 is 14.9 Å². The molecule has 0 aromatic heterocycles. The van der Waals surface area contributed by atoms with Crippen LogP contribution in [0.2, 0.25) is 0 Å². The minimum Gasteiger partial charge on any atom is -0.306 e. The fraction of sp³-hybridized carbons (Fsp3) is 0.500. The quantitative estimate of drug-likeness (QED) is 0.626. The van der Waals surface area contributed by atoms with Gasteiger partial charge in [0.05, 0.1) is 9.82 Å². The number of nitrogens with one attached hydrogen (secondary N) is 1. The second kappa shape index (κ2) is 6.63. The van der Waals surface area contributed by atoms with E-state index in [1.165, 1.54) is 17.0 Å². The van der Waals surface area contributed by atoms with Gasteiger partial charge in [0.15, 0.2) is 0 Å². The van der Waals surface area contributed by atoms with Crippen LogP contribution < -0.4 is 9.62 Å². The monoisotopic (exact) mass is 341 g/mol. The molecule has 1 aliphatic heterocycles. The molecule has 1 fully saturated rings. The van der Waals surface area contributed by atoms with Crippen molar-refractivity contribution in [2.24, 2.45) is 0 Å². The lowest BCUT2D eigenvalue weighted by Crippen LogP contribution is -2.32. The Kier molecular flexibility index (Phi) is 5.00. The number of hydrogen-bond donors (Lipinski definition) is 1. The van der Waals surface area contributed by atoms with Crippen molar-refractivity contribution in [3.05, 3.63) is 28.3 Å². The molecule has 1 aromatic rings. The standard InChI is InChI=1S/C14H19N3O5S/c1-3-10(2)15-23(21,22)11-6-7-12(13(9-11)17(19)20)16-8-4-5-14(16)18/h6-7,9-10,15H,3-5,8H2,1-2H3. The molecule has 0 saturated carbocycles. The number of carbonyl (C=O) groups excluding carboxylic acids is 1. The number of sulfonamides is 1. The van der Waals surface area contributed by atoms with Gasteiger partial charge in [0.2, 0.25) is 15.9 Å². The number of anilines is 1. The van der Waals surface area contributed by atoms with Crippen molar-refractivity contribution in [3.8, 4) is 0 Å². The third-order valence-electron chi connectivity index (χ3n) is 3.79. The molecule has 0 aliphatic carbocycles. The summed E-state index contributed by atoms with van der Waals surface area (Å²) in [6.07, 6.45) is 1.57. The molecular formula is C14H19N3O5S. The smallest absolute Gasteiger partial charge is 0.294 e. The van der Waals surface area contributed by atoms with Crippen LogP contribution >= 0.6 is 0 Å². The van der Waals surface area contributed by atoms with Gasteiger partial charge in [-0.05, 0) is 31.9 Å². The molecule has 2 rings (SSSR count). The molecule has 1 atom stereocenters. The van der Waals surface area contributed by atoms with Crippen LogP contribution in [0.25, 0.3) is 0 Å². The molecule has 126 valence electrons. The van der Waals surface area contributed by atoms with Crippen LogP contribution in [0.15, 0.2) is 23.1 Å². The zero-order valence-corrected chi connectivity index (χ0v) is 13.8. The van der Waals surface area contributed by atoms with E-state index in [4.69, 9.17) is 0 Å². The van der Waals surface area contributed by atoms with Crippen LogP contribution in [-0.2, 0) is 14.8 Å². The summed E-state index contributed by atoms with van der Waals surface area (Å²) in [5.74, 6) is -0.193. The fourth-order valence-electron chi connectivity index (χ4n) is 2.36. The number of hydrogen-bond acceptors (Lipinski definition) is 5. The Labute approximate surface area is 134 Å². The van der Waals surface area contributed by atoms with Crippen LogP contribution in [0, 0.1) is 10.1 Å². The molecular weight excluding hydrogens is 322 g/mol. The molecule has 23 heavy (non-hydrogen) atoms. The molecule has 1 aliphatic rings. The maximum absolute atomic E-state index is 12.3. The highest BCUT2D eigenvalue weighted by Crippen LogP contribution is 2.33. The van der Waals surface area contributed by atoms with Gasteiger partial charge >= 0.3 is 0 Å². The lowest BCUT2D eigenvalue weighted by molar-refractivity contribution is -0.384. The maximum Gasteiger partial charge on any atom is 0.294 e. The van der Waals surface area contributed by atoms with Gasteiger partial charge in [0, 0.05) is 25.1 Å². The SMILES string of the molecule is CCC(C)NS(=O)(=O)c1ccc(N2CCCC2=O)c([N+](=O)[O-])c1. The van der Waals surface area contributed by atoms with Crippen molar-refractivity contribution in [2.45, 2.75) is 44.0 Å². The zero-order chi connectivity index (χ0) is 17.2. The van der Waals surface area contributed by atoms with Crippen LogP contribution in [0.1, 0.15) is 33.1 Å². The van der Waals surface area contributed by atoms with E-state index in [1.807, 2.05) is 6.92 Å². The van der Waals surface area contributed by atoms with Crippen molar-refractivity contribution >= 4 is 27.3 Å². The van der Waals surface area contributed by atoms with E-state index in [2.05, 4.69) is 4.72 Å². The van der Waals surface area contributed by atoms with Gasteiger partial charge in [-0.1, -0.05) is 6.92 Å². The second-order valence-corrected chi connectivity index (χ2v) is 7.20. The first kappa shape index (κ1) is 17.4. The average Bonchev–Trinajstić information content (AvgIpc) is 2.92. The second-order valence-electron chi connectivity index (χ2n) is 5.49. The third kappa shape index (κ3) is 3.67. The van der Waals surface area contributed by atoms with Crippen molar-refractivity contribution in [3.63, 3.8) is 0 Å². The van der Waals surface area contributed by atoms with E-state index in [0.29, 0.717) is 25.8 Å². The highest BCUT2D eigenvalue weighted by Gasteiger charge is 2.30. The molecule has 1 heterocycles. The Morgan fingerprint density at radius 3 is 2.65 bits per heavy atom. The number of nitro groups is 1. The Morgan fingerprint density at radius 1 is 1.43 bits per heavy atom. The van der Waals surface area contributed by atoms with E-state index in [1.54, 1.807) is 6.92 Å². The highest BCUT2D eigenvalue weighted by molar-refractivity contribution is 7.89. The minimum atomic E-state index is -3.84. The molecule has 1 amide bonds. The lowest BCUT2D eigenvalue weighted by atomic mass is 10.2. The number of benzene rings is 1. The Balaban J connectivity index is 2.44. The Morgan fingerprint density at radius 2 is 2.13 bits per heavy atom. The lowest BCUT2D eigenvalue weighted by Gasteiger charge is -2.17. The number of nitro benzene ring substituents is 1. The van der Waals surface area contributed by atoms with Crippen LogP contribution in [0.5, 0.6) is 0 Å². The van der Waals surface area contributed by atoms with Gasteiger partial charge in [-0.25, -0.2) is 13.1 Å². The van der Waals surface area contributed by atoms with E-state index in [9.17, 15) is 23.3 Å². The van der Waals surface area contributed by atoms with Crippen LogP contribution in [0.3, 0.4) is 0 Å². The van der Waals surface area contributed by atoms with E-state index in [-0.39, 0.29) is 28.2 Å².